The number of nitrogens with zero attached hydrogens (tertiary/aromatic N) is 2. The van der Waals surface area contributed by atoms with Crippen LogP contribution in [0.3, 0.4) is 0 Å². The molecule has 1 aromatic heterocycles. The number of anilines is 1. The van der Waals surface area contributed by atoms with Gasteiger partial charge in [0, 0.05) is 18.2 Å². The Balaban J connectivity index is 1.91. The maximum atomic E-state index is 13.7. The summed E-state index contributed by atoms with van der Waals surface area (Å²) in [6.45, 7) is 5.62. The highest BCUT2D eigenvalue weighted by molar-refractivity contribution is 7.14. The Kier molecular flexibility index (Phi) is 6.43. The van der Waals surface area contributed by atoms with Crippen LogP contribution in [0.5, 0.6) is 11.5 Å². The first-order valence-electron chi connectivity index (χ1n) is 10.9. The van der Waals surface area contributed by atoms with E-state index in [4.69, 9.17) is 9.47 Å². The van der Waals surface area contributed by atoms with Gasteiger partial charge in [-0.25, -0.2) is 4.98 Å². The predicted octanol–water partition coefficient (Wildman–Crippen LogP) is 5.12. The van der Waals surface area contributed by atoms with Crippen LogP contribution in [0.2, 0.25) is 0 Å². The number of aliphatic hydroxyl groups excluding tert-OH is 1. The van der Waals surface area contributed by atoms with Crippen molar-refractivity contribution >= 4 is 28.7 Å². The highest BCUT2D eigenvalue weighted by atomic mass is 32.1. The van der Waals surface area contributed by atoms with Crippen LogP contribution in [-0.2, 0) is 11.2 Å². The largest absolute Gasteiger partial charge is 0.503 e. The molecule has 7 nitrogen and oxygen atoms in total. The molecule has 1 amide bonds. The minimum Gasteiger partial charge on any atom is -0.503 e. The Morgan fingerprint density at radius 1 is 1.09 bits per heavy atom. The van der Waals surface area contributed by atoms with Crippen molar-refractivity contribution in [3.05, 3.63) is 80.5 Å². The Hall–Kier alpha value is -3.65. The summed E-state index contributed by atoms with van der Waals surface area (Å²) >= 11 is 1.25. The summed E-state index contributed by atoms with van der Waals surface area (Å²) in [5.74, 6) is -0.675. The summed E-state index contributed by atoms with van der Waals surface area (Å²) in [5.41, 5.74) is 2.87. The monoisotopic (exact) mass is 478 g/mol. The number of rotatable bonds is 7. The fourth-order valence-electron chi connectivity index (χ4n) is 4.15. The summed E-state index contributed by atoms with van der Waals surface area (Å²) in [6.07, 6.45) is 0.854. The van der Waals surface area contributed by atoms with E-state index in [0.29, 0.717) is 33.3 Å². The Labute approximate surface area is 202 Å². The van der Waals surface area contributed by atoms with E-state index in [-0.39, 0.29) is 5.57 Å². The highest BCUT2D eigenvalue weighted by Gasteiger charge is 2.45. The number of amides is 1. The van der Waals surface area contributed by atoms with Crippen molar-refractivity contribution in [2.45, 2.75) is 33.2 Å². The number of carbonyl (C=O) groups is 2. The molecule has 34 heavy (non-hydrogen) atoms. The molecule has 0 aliphatic carbocycles. The third-order valence-corrected chi connectivity index (χ3v) is 6.95. The lowest BCUT2D eigenvalue weighted by Crippen LogP contribution is -2.31. The van der Waals surface area contributed by atoms with Gasteiger partial charge in [-0.1, -0.05) is 31.2 Å². The SMILES string of the molecule is CCc1ccc(C2C(C(=O)c3sc(C)nc3C)=C(O)C(=O)N2c2cc(OC)cc(OC)c2)cc1. The molecule has 0 radical (unpaired) electrons. The average molecular weight is 479 g/mol. The van der Waals surface area contributed by atoms with Crippen LogP contribution in [-0.4, -0.2) is 36.0 Å². The maximum Gasteiger partial charge on any atom is 0.294 e. The zero-order chi connectivity index (χ0) is 24.6. The number of methoxy groups -OCH3 is 2. The number of benzene rings is 2. The molecule has 3 aromatic rings. The van der Waals surface area contributed by atoms with Crippen LogP contribution in [0.15, 0.2) is 53.8 Å². The normalized spacial score (nSPS) is 15.7. The first kappa shape index (κ1) is 23.5. The maximum absolute atomic E-state index is 13.7. The smallest absolute Gasteiger partial charge is 0.294 e. The van der Waals surface area contributed by atoms with E-state index in [1.54, 1.807) is 25.1 Å². The molecule has 176 valence electrons. The van der Waals surface area contributed by atoms with Gasteiger partial charge in [0.15, 0.2) is 5.76 Å². The lowest BCUT2D eigenvalue weighted by molar-refractivity contribution is -0.117. The molecule has 0 fully saturated rings. The number of aromatic nitrogens is 1. The molecule has 1 aliphatic heterocycles. The molecule has 0 saturated heterocycles. The van der Waals surface area contributed by atoms with Crippen LogP contribution in [0.25, 0.3) is 0 Å². The number of Topliss-reactive ketones (excluding diaryl/α,β-unsaturated/α-hetero) is 1. The fraction of sp³-hybridized carbons (Fsp3) is 0.269. The van der Waals surface area contributed by atoms with E-state index >= 15 is 0 Å². The van der Waals surface area contributed by atoms with Gasteiger partial charge in [0.05, 0.1) is 47.1 Å². The molecule has 8 heteroatoms. The number of hydrogen-bond acceptors (Lipinski definition) is 7. The summed E-state index contributed by atoms with van der Waals surface area (Å²) in [6, 6.07) is 11.9. The van der Waals surface area contributed by atoms with Crippen molar-refractivity contribution in [2.75, 3.05) is 19.1 Å². The first-order valence-corrected chi connectivity index (χ1v) is 11.7. The summed E-state index contributed by atoms with van der Waals surface area (Å²) in [5, 5.41) is 11.7. The number of ketones is 1. The van der Waals surface area contributed by atoms with Gasteiger partial charge in [0.1, 0.15) is 11.5 Å². The minimum atomic E-state index is -0.829. The molecule has 1 atom stereocenters. The zero-order valence-electron chi connectivity index (χ0n) is 19.7. The van der Waals surface area contributed by atoms with Gasteiger partial charge in [-0.2, -0.15) is 0 Å². The predicted molar refractivity (Wildman–Crippen MR) is 131 cm³/mol. The van der Waals surface area contributed by atoms with E-state index in [2.05, 4.69) is 11.9 Å². The molecule has 0 spiro atoms. The average Bonchev–Trinajstić information content (AvgIpc) is 3.33. The molecular formula is C26H26N2O5S. The van der Waals surface area contributed by atoms with Gasteiger partial charge in [0.2, 0.25) is 5.78 Å². The number of thiazole rings is 1. The van der Waals surface area contributed by atoms with Crippen LogP contribution in [0.1, 0.15) is 44.5 Å². The van der Waals surface area contributed by atoms with Gasteiger partial charge in [0.25, 0.3) is 5.91 Å². The second-order valence-corrected chi connectivity index (χ2v) is 9.19. The number of ether oxygens (including phenoxy) is 2. The van der Waals surface area contributed by atoms with Gasteiger partial charge >= 0.3 is 0 Å². The third-order valence-electron chi connectivity index (χ3n) is 5.88. The van der Waals surface area contributed by atoms with Crippen LogP contribution in [0, 0.1) is 13.8 Å². The molecule has 0 saturated carbocycles. The topological polar surface area (TPSA) is 89.0 Å². The van der Waals surface area contributed by atoms with E-state index < -0.39 is 23.5 Å². The summed E-state index contributed by atoms with van der Waals surface area (Å²) < 4.78 is 10.8. The quantitative estimate of drug-likeness (QED) is 0.474. The Morgan fingerprint density at radius 2 is 1.71 bits per heavy atom. The Morgan fingerprint density at radius 3 is 2.21 bits per heavy atom. The molecule has 1 unspecified atom stereocenters. The van der Waals surface area contributed by atoms with Crippen LogP contribution in [0.4, 0.5) is 5.69 Å². The fourth-order valence-corrected chi connectivity index (χ4v) is 5.02. The molecule has 4 rings (SSSR count). The second kappa shape index (κ2) is 9.30. The van der Waals surface area contributed by atoms with E-state index in [9.17, 15) is 14.7 Å². The van der Waals surface area contributed by atoms with Gasteiger partial charge in [-0.15, -0.1) is 11.3 Å². The van der Waals surface area contributed by atoms with Gasteiger partial charge < -0.3 is 14.6 Å². The number of aliphatic hydroxyl groups is 1. The third kappa shape index (κ3) is 4.05. The van der Waals surface area contributed by atoms with E-state index in [1.807, 2.05) is 31.2 Å². The van der Waals surface area contributed by atoms with Crippen LogP contribution >= 0.6 is 11.3 Å². The molecule has 2 heterocycles. The van der Waals surface area contributed by atoms with Crippen molar-refractivity contribution in [1.82, 2.24) is 4.98 Å². The lowest BCUT2D eigenvalue weighted by Gasteiger charge is -2.27. The molecular weight excluding hydrogens is 452 g/mol. The van der Waals surface area contributed by atoms with E-state index in [1.165, 1.54) is 30.5 Å². The van der Waals surface area contributed by atoms with E-state index in [0.717, 1.165) is 17.0 Å². The minimum absolute atomic E-state index is 0.0304. The highest BCUT2D eigenvalue weighted by Crippen LogP contribution is 2.44. The van der Waals surface area contributed by atoms with Crippen molar-refractivity contribution in [1.29, 1.82) is 0 Å². The van der Waals surface area contributed by atoms with Crippen molar-refractivity contribution in [3.63, 3.8) is 0 Å². The van der Waals surface area contributed by atoms with Gasteiger partial charge in [-0.3, -0.25) is 14.5 Å². The Bertz CT molecular complexity index is 1270. The molecule has 1 aliphatic rings. The lowest BCUT2D eigenvalue weighted by atomic mass is 9.94. The zero-order valence-corrected chi connectivity index (χ0v) is 20.5. The second-order valence-electron chi connectivity index (χ2n) is 7.98. The summed E-state index contributed by atoms with van der Waals surface area (Å²) in [7, 11) is 3.04. The first-order chi connectivity index (χ1) is 16.3. The van der Waals surface area contributed by atoms with Crippen molar-refractivity contribution < 1.29 is 24.2 Å². The van der Waals surface area contributed by atoms with Gasteiger partial charge in [-0.05, 0) is 31.4 Å². The molecule has 2 aromatic carbocycles. The van der Waals surface area contributed by atoms with Crippen molar-refractivity contribution in [3.8, 4) is 11.5 Å². The number of carbonyl (C=O) groups excluding carboxylic acids is 2. The summed E-state index contributed by atoms with van der Waals surface area (Å²) in [4.78, 5) is 33.3. The standard InChI is InChI=1S/C26H26N2O5S/c1-6-16-7-9-17(10-8-16)22-21(23(29)25-14(2)27-15(3)34-25)24(30)26(31)28(22)18-11-19(32-4)13-20(12-18)33-5/h7-13,22,30H,6H2,1-5H3. The number of aryl methyl sites for hydroxylation is 3. The van der Waals surface area contributed by atoms with Crippen LogP contribution < -0.4 is 14.4 Å². The number of hydrogen-bond donors (Lipinski definition) is 1. The molecule has 1 N–H and O–H groups in total. The van der Waals surface area contributed by atoms with Crippen molar-refractivity contribution in [2.24, 2.45) is 0 Å². The molecule has 0 bridgehead atoms.